The highest BCUT2D eigenvalue weighted by atomic mass is 32.1. The first-order chi connectivity index (χ1) is 9.90. The SMILES string of the molecule is c1csc(-c2noc([C@H]3Cc4ccccc4CN3)n2)c1. The van der Waals surface area contributed by atoms with Gasteiger partial charge in [0.15, 0.2) is 0 Å². The second-order valence-electron chi connectivity index (χ2n) is 4.84. The molecule has 0 saturated carbocycles. The van der Waals surface area contributed by atoms with Crippen LogP contribution >= 0.6 is 11.3 Å². The first kappa shape index (κ1) is 11.8. The lowest BCUT2D eigenvalue weighted by Gasteiger charge is -2.23. The molecule has 0 spiro atoms. The Morgan fingerprint density at radius 2 is 2.05 bits per heavy atom. The fraction of sp³-hybridized carbons (Fsp3) is 0.200. The van der Waals surface area contributed by atoms with Crippen LogP contribution < -0.4 is 5.32 Å². The quantitative estimate of drug-likeness (QED) is 0.784. The van der Waals surface area contributed by atoms with Crippen molar-refractivity contribution in [2.24, 2.45) is 0 Å². The van der Waals surface area contributed by atoms with Gasteiger partial charge in [0.05, 0.1) is 10.9 Å². The monoisotopic (exact) mass is 283 g/mol. The Kier molecular flexibility index (Phi) is 2.86. The molecule has 0 aliphatic carbocycles. The summed E-state index contributed by atoms with van der Waals surface area (Å²) >= 11 is 1.62. The molecule has 1 aliphatic rings. The minimum atomic E-state index is 0.103. The zero-order chi connectivity index (χ0) is 13.4. The van der Waals surface area contributed by atoms with Crippen molar-refractivity contribution in [3.63, 3.8) is 0 Å². The van der Waals surface area contributed by atoms with E-state index in [-0.39, 0.29) is 6.04 Å². The molecule has 5 heteroatoms. The highest BCUT2D eigenvalue weighted by Gasteiger charge is 2.24. The van der Waals surface area contributed by atoms with Crippen LogP contribution in [0.1, 0.15) is 23.1 Å². The van der Waals surface area contributed by atoms with Crippen LogP contribution in [0.5, 0.6) is 0 Å². The predicted octanol–water partition coefficient (Wildman–Crippen LogP) is 3.19. The molecule has 1 aliphatic heterocycles. The standard InChI is InChI=1S/C15H13N3OS/c1-2-5-11-9-16-12(8-10(11)4-1)15-17-14(18-19-15)13-6-3-7-20-13/h1-7,12,16H,8-9H2/t12-/m1/s1. The molecule has 4 rings (SSSR count). The van der Waals surface area contributed by atoms with Crippen molar-refractivity contribution in [3.8, 4) is 10.7 Å². The Balaban J connectivity index is 1.60. The third-order valence-corrected chi connectivity index (χ3v) is 4.43. The topological polar surface area (TPSA) is 51.0 Å². The van der Waals surface area contributed by atoms with Crippen LogP contribution in [0.3, 0.4) is 0 Å². The molecule has 3 aromatic rings. The maximum absolute atomic E-state index is 5.43. The van der Waals surface area contributed by atoms with Crippen LogP contribution in [0.4, 0.5) is 0 Å². The normalized spacial score (nSPS) is 17.9. The Bertz CT molecular complexity index is 720. The third kappa shape index (κ3) is 2.05. The van der Waals surface area contributed by atoms with Crippen LogP contribution in [0.15, 0.2) is 46.3 Å². The lowest BCUT2D eigenvalue weighted by molar-refractivity contribution is 0.321. The number of nitrogens with zero attached hydrogens (tertiary/aromatic N) is 2. The molecular weight excluding hydrogens is 270 g/mol. The highest BCUT2D eigenvalue weighted by Crippen LogP contribution is 2.27. The molecule has 0 amide bonds. The summed E-state index contributed by atoms with van der Waals surface area (Å²) in [7, 11) is 0. The van der Waals surface area contributed by atoms with Crippen LogP contribution in [0.25, 0.3) is 10.7 Å². The summed E-state index contributed by atoms with van der Waals surface area (Å²) in [6.45, 7) is 0.845. The molecule has 0 saturated heterocycles. The molecule has 1 N–H and O–H groups in total. The summed E-state index contributed by atoms with van der Waals surface area (Å²) in [6, 6.07) is 12.6. The predicted molar refractivity (Wildman–Crippen MR) is 77.3 cm³/mol. The first-order valence-electron chi connectivity index (χ1n) is 6.58. The van der Waals surface area contributed by atoms with Gasteiger partial charge >= 0.3 is 0 Å². The molecule has 3 heterocycles. The van der Waals surface area contributed by atoms with Gasteiger partial charge in [-0.1, -0.05) is 35.5 Å². The third-order valence-electron chi connectivity index (χ3n) is 3.56. The fourth-order valence-electron chi connectivity index (χ4n) is 2.51. The molecule has 0 bridgehead atoms. The zero-order valence-corrected chi connectivity index (χ0v) is 11.6. The fourth-order valence-corrected chi connectivity index (χ4v) is 3.16. The van der Waals surface area contributed by atoms with Crippen LogP contribution in [-0.2, 0) is 13.0 Å². The van der Waals surface area contributed by atoms with E-state index in [0.717, 1.165) is 17.8 Å². The summed E-state index contributed by atoms with van der Waals surface area (Å²) in [6.07, 6.45) is 0.891. The van der Waals surface area contributed by atoms with E-state index < -0.39 is 0 Å². The first-order valence-corrected chi connectivity index (χ1v) is 7.46. The number of thiophene rings is 1. The van der Waals surface area contributed by atoms with Crippen molar-refractivity contribution in [1.82, 2.24) is 15.5 Å². The van der Waals surface area contributed by atoms with Crippen LogP contribution in [-0.4, -0.2) is 10.1 Å². The second kappa shape index (κ2) is 4.85. The van der Waals surface area contributed by atoms with Gasteiger partial charge in [-0.2, -0.15) is 4.98 Å². The molecule has 0 fully saturated rings. The summed E-state index contributed by atoms with van der Waals surface area (Å²) in [5.41, 5.74) is 2.70. The number of rotatable bonds is 2. The number of hydrogen-bond donors (Lipinski definition) is 1. The van der Waals surface area contributed by atoms with E-state index in [1.807, 2.05) is 17.5 Å². The molecule has 20 heavy (non-hydrogen) atoms. The van der Waals surface area contributed by atoms with Gasteiger partial charge in [-0.3, -0.25) is 0 Å². The average molecular weight is 283 g/mol. The lowest BCUT2D eigenvalue weighted by Crippen LogP contribution is -2.28. The molecule has 0 radical (unpaired) electrons. The number of hydrogen-bond acceptors (Lipinski definition) is 5. The molecular formula is C15H13N3OS. The highest BCUT2D eigenvalue weighted by molar-refractivity contribution is 7.13. The number of nitrogens with one attached hydrogen (secondary N) is 1. The van der Waals surface area contributed by atoms with Gasteiger partial charge in [0.1, 0.15) is 0 Å². The Morgan fingerprint density at radius 1 is 1.15 bits per heavy atom. The summed E-state index contributed by atoms with van der Waals surface area (Å²) in [5, 5.41) is 9.55. The summed E-state index contributed by atoms with van der Waals surface area (Å²) in [5.74, 6) is 1.35. The molecule has 0 unspecified atom stereocenters. The molecule has 1 aromatic carbocycles. The van der Waals surface area contributed by atoms with E-state index in [4.69, 9.17) is 4.52 Å². The van der Waals surface area contributed by atoms with Gasteiger partial charge < -0.3 is 9.84 Å². The molecule has 4 nitrogen and oxygen atoms in total. The minimum Gasteiger partial charge on any atom is -0.337 e. The van der Waals surface area contributed by atoms with Gasteiger partial charge in [-0.05, 0) is 29.0 Å². The largest absolute Gasteiger partial charge is 0.337 e. The van der Waals surface area contributed by atoms with Crippen LogP contribution in [0.2, 0.25) is 0 Å². The van der Waals surface area contributed by atoms with Crippen molar-refractivity contribution < 1.29 is 4.52 Å². The minimum absolute atomic E-state index is 0.103. The second-order valence-corrected chi connectivity index (χ2v) is 5.79. The Labute approximate surface area is 120 Å². The zero-order valence-electron chi connectivity index (χ0n) is 10.7. The number of aromatic nitrogens is 2. The van der Waals surface area contributed by atoms with Gasteiger partial charge in [0.25, 0.3) is 0 Å². The van der Waals surface area contributed by atoms with E-state index in [0.29, 0.717) is 11.7 Å². The van der Waals surface area contributed by atoms with Gasteiger partial charge in [-0.15, -0.1) is 11.3 Å². The van der Waals surface area contributed by atoms with E-state index in [9.17, 15) is 0 Å². The smallest absolute Gasteiger partial charge is 0.244 e. The maximum Gasteiger partial charge on any atom is 0.244 e. The number of benzene rings is 1. The lowest BCUT2D eigenvalue weighted by atomic mass is 9.96. The van der Waals surface area contributed by atoms with Crippen molar-refractivity contribution in [3.05, 3.63) is 58.8 Å². The van der Waals surface area contributed by atoms with E-state index in [1.165, 1.54) is 11.1 Å². The summed E-state index contributed by atoms with van der Waals surface area (Å²) < 4.78 is 5.43. The van der Waals surface area contributed by atoms with Crippen LogP contribution in [0, 0.1) is 0 Å². The Morgan fingerprint density at radius 3 is 2.90 bits per heavy atom. The van der Waals surface area contributed by atoms with E-state index in [1.54, 1.807) is 11.3 Å². The Hall–Kier alpha value is -1.98. The summed E-state index contributed by atoms with van der Waals surface area (Å²) in [4.78, 5) is 5.56. The number of fused-ring (bicyclic) bond motifs is 1. The van der Waals surface area contributed by atoms with Gasteiger partial charge in [0, 0.05) is 6.54 Å². The van der Waals surface area contributed by atoms with E-state index in [2.05, 4.69) is 39.7 Å². The molecule has 100 valence electrons. The van der Waals surface area contributed by atoms with Gasteiger partial charge in [-0.25, -0.2) is 0 Å². The average Bonchev–Trinajstić information content (AvgIpc) is 3.17. The van der Waals surface area contributed by atoms with Crippen molar-refractivity contribution in [2.45, 2.75) is 19.0 Å². The maximum atomic E-state index is 5.43. The molecule has 1 atom stereocenters. The van der Waals surface area contributed by atoms with Crippen molar-refractivity contribution >= 4 is 11.3 Å². The van der Waals surface area contributed by atoms with E-state index >= 15 is 0 Å². The molecule has 2 aromatic heterocycles. The van der Waals surface area contributed by atoms with Crippen molar-refractivity contribution in [1.29, 1.82) is 0 Å². The van der Waals surface area contributed by atoms with Crippen molar-refractivity contribution in [2.75, 3.05) is 0 Å². The van der Waals surface area contributed by atoms with Gasteiger partial charge in [0.2, 0.25) is 11.7 Å².